The van der Waals surface area contributed by atoms with Gasteiger partial charge in [-0.3, -0.25) is 4.79 Å². The molecule has 3 aliphatic heterocycles. The molecule has 4 aromatic rings. The number of ether oxygens (including phenoxy) is 3. The molecule has 1 fully saturated rings. The highest BCUT2D eigenvalue weighted by Gasteiger charge is 2.38. The van der Waals surface area contributed by atoms with Gasteiger partial charge in [0.2, 0.25) is 0 Å². The molecular formula is C44H59N5O6. The van der Waals surface area contributed by atoms with Crippen LogP contribution < -0.4 is 15.0 Å². The number of carbonyl (C=O) groups excluding carboxylic acids is 1. The van der Waals surface area contributed by atoms with E-state index in [0.29, 0.717) is 66.0 Å². The van der Waals surface area contributed by atoms with Crippen LogP contribution in [0.25, 0.3) is 28.0 Å². The number of hydrogen-bond donors (Lipinski definition) is 2. The summed E-state index contributed by atoms with van der Waals surface area (Å²) in [7, 11) is 0. The number of carbonyl (C=O) groups is 2. The largest absolute Gasteiger partial charge is 0.490 e. The predicted octanol–water partition coefficient (Wildman–Crippen LogP) is 8.81. The van der Waals surface area contributed by atoms with Crippen molar-refractivity contribution in [1.29, 1.82) is 0 Å². The number of carboxylic acid groups (broad SMARTS) is 1. The Kier molecular flexibility index (Phi) is 11.6. The maximum atomic E-state index is 13.4. The first-order valence-corrected chi connectivity index (χ1v) is 19.8. The Morgan fingerprint density at radius 3 is 2.45 bits per heavy atom. The van der Waals surface area contributed by atoms with Crippen LogP contribution in [0, 0.1) is 12.3 Å². The van der Waals surface area contributed by atoms with Crippen molar-refractivity contribution in [3.05, 3.63) is 65.4 Å². The fraction of sp³-hybridized carbons (Fsp3) is 0.545. The van der Waals surface area contributed by atoms with Crippen LogP contribution in [0.5, 0.6) is 5.75 Å². The summed E-state index contributed by atoms with van der Waals surface area (Å²) in [6, 6.07) is 15.7. The van der Waals surface area contributed by atoms with Crippen molar-refractivity contribution in [1.82, 2.24) is 19.9 Å². The van der Waals surface area contributed by atoms with E-state index < -0.39 is 17.7 Å². The Morgan fingerprint density at radius 1 is 1.04 bits per heavy atom. The van der Waals surface area contributed by atoms with Gasteiger partial charge in [-0.2, -0.15) is 9.61 Å². The zero-order valence-electron chi connectivity index (χ0n) is 34.1. The fourth-order valence-electron chi connectivity index (χ4n) is 7.42. The lowest BCUT2D eigenvalue weighted by Gasteiger charge is -2.41. The Bertz CT molecular complexity index is 2020. The number of nitrogens with one attached hydrogen (secondary N) is 1. The van der Waals surface area contributed by atoms with Crippen LogP contribution in [-0.4, -0.2) is 75.1 Å². The third kappa shape index (κ3) is 9.67. The van der Waals surface area contributed by atoms with Crippen molar-refractivity contribution < 1.29 is 28.9 Å². The van der Waals surface area contributed by atoms with Crippen LogP contribution in [0.3, 0.4) is 0 Å². The molecule has 2 aromatic carbocycles. The third-order valence-corrected chi connectivity index (χ3v) is 10.5. The molecule has 0 radical (unpaired) electrons. The molecule has 2 unspecified atom stereocenters. The Morgan fingerprint density at radius 2 is 1.76 bits per heavy atom. The maximum Gasteiger partial charge on any atom is 0.337 e. The standard InChI is InChI=1S/C44H59N5O6/c1-28-13-10-11-24-53-44(9)19-22-48(23-20-44)40-37(38(41(51)52)55-43(6,7)8)29(2)46-36-27-34(47-49(36)40)31-15-12-14-30(25-31)33-26-32(16-17-35(33)54-28)39(50)45-21-18-42(3,4)5/h12,14-17,25-28,38H,10-11,13,18-24H2,1-9H3,(H,45,50)(H,51,52). The number of rotatable bonds is 6. The van der Waals surface area contributed by atoms with Gasteiger partial charge in [0.15, 0.2) is 11.8 Å². The van der Waals surface area contributed by atoms with E-state index in [-0.39, 0.29) is 23.0 Å². The molecule has 7 rings (SSSR count). The molecule has 3 aliphatic rings. The molecule has 11 nitrogen and oxygen atoms in total. The number of aryl methyl sites for hydroxylation is 1. The summed E-state index contributed by atoms with van der Waals surface area (Å²) in [5.74, 6) is 0.176. The smallest absolute Gasteiger partial charge is 0.337 e. The average Bonchev–Trinajstić information content (AvgIpc) is 3.53. The number of carboxylic acids is 1. The summed E-state index contributed by atoms with van der Waals surface area (Å²) in [5, 5.41) is 18.8. The van der Waals surface area contributed by atoms with E-state index in [2.05, 4.69) is 50.9 Å². The monoisotopic (exact) mass is 753 g/mol. The van der Waals surface area contributed by atoms with Crippen molar-refractivity contribution in [2.24, 2.45) is 5.41 Å². The van der Waals surface area contributed by atoms with Crippen LogP contribution in [0.15, 0.2) is 48.5 Å². The quantitative estimate of drug-likeness (QED) is 0.199. The van der Waals surface area contributed by atoms with E-state index in [0.717, 1.165) is 55.2 Å². The van der Waals surface area contributed by atoms with Crippen molar-refractivity contribution in [3.8, 4) is 28.1 Å². The summed E-state index contributed by atoms with van der Waals surface area (Å²) in [6.07, 6.45) is 3.83. The highest BCUT2D eigenvalue weighted by Crippen LogP contribution is 2.40. The van der Waals surface area contributed by atoms with Crippen molar-refractivity contribution in [2.75, 3.05) is 31.1 Å². The lowest BCUT2D eigenvalue weighted by atomic mass is 9.92. The lowest BCUT2D eigenvalue weighted by Crippen LogP contribution is -2.46. The molecule has 55 heavy (non-hydrogen) atoms. The van der Waals surface area contributed by atoms with E-state index in [1.807, 2.05) is 70.2 Å². The first-order valence-electron chi connectivity index (χ1n) is 19.8. The van der Waals surface area contributed by atoms with Crippen LogP contribution in [0.1, 0.15) is 122 Å². The lowest BCUT2D eigenvalue weighted by molar-refractivity contribution is -0.160. The van der Waals surface area contributed by atoms with Gasteiger partial charge >= 0.3 is 5.97 Å². The van der Waals surface area contributed by atoms with E-state index in [1.54, 1.807) is 4.52 Å². The minimum Gasteiger partial charge on any atom is -0.490 e. The molecule has 11 heteroatoms. The van der Waals surface area contributed by atoms with Crippen LogP contribution in [0.4, 0.5) is 5.82 Å². The van der Waals surface area contributed by atoms with Crippen LogP contribution in [-0.2, 0) is 14.3 Å². The molecule has 2 atom stereocenters. The van der Waals surface area contributed by atoms with Gasteiger partial charge in [0.05, 0.1) is 28.6 Å². The highest BCUT2D eigenvalue weighted by molar-refractivity contribution is 5.96. The fourth-order valence-corrected chi connectivity index (χ4v) is 7.42. The zero-order valence-corrected chi connectivity index (χ0v) is 34.1. The molecule has 0 aliphatic carbocycles. The van der Waals surface area contributed by atoms with E-state index in [4.69, 9.17) is 24.3 Å². The number of amides is 1. The second-order valence-corrected chi connectivity index (χ2v) is 17.8. The number of benzene rings is 2. The van der Waals surface area contributed by atoms with Gasteiger partial charge in [-0.1, -0.05) is 39.0 Å². The zero-order chi connectivity index (χ0) is 39.7. The van der Waals surface area contributed by atoms with Gasteiger partial charge in [0.25, 0.3) is 5.91 Å². The molecule has 1 amide bonds. The van der Waals surface area contributed by atoms with Gasteiger partial charge in [-0.25, -0.2) is 9.78 Å². The number of piperidine rings is 1. The summed E-state index contributed by atoms with van der Waals surface area (Å²) >= 11 is 0. The minimum atomic E-state index is -1.25. The summed E-state index contributed by atoms with van der Waals surface area (Å²) in [6.45, 7) is 20.7. The second-order valence-electron chi connectivity index (χ2n) is 17.8. The number of nitrogens with zero attached hydrogens (tertiary/aromatic N) is 4. The molecule has 0 saturated carbocycles. The SMILES string of the molecule is Cc1nc2cc3nn2c(c1C(OC(C)(C)C)C(=O)O)N1CCC(C)(CC1)OCCCCC(C)Oc1ccc(C(=O)NCCC(C)(C)C)cc1-c1cccc-3c1. The molecule has 296 valence electrons. The average molecular weight is 754 g/mol. The maximum absolute atomic E-state index is 13.4. The molecular weight excluding hydrogens is 695 g/mol. The van der Waals surface area contributed by atoms with Crippen LogP contribution in [0.2, 0.25) is 0 Å². The van der Waals surface area contributed by atoms with E-state index >= 15 is 0 Å². The van der Waals surface area contributed by atoms with Gasteiger partial charge < -0.3 is 29.5 Å². The number of fused-ring (bicyclic) bond motifs is 8. The first kappa shape index (κ1) is 40.2. The van der Waals surface area contributed by atoms with Crippen molar-refractivity contribution in [3.63, 3.8) is 0 Å². The van der Waals surface area contributed by atoms with Gasteiger partial charge in [-0.05, 0) is 115 Å². The normalized spacial score (nSPS) is 20.2. The summed E-state index contributed by atoms with van der Waals surface area (Å²) in [5.41, 5.74) is 4.56. The van der Waals surface area contributed by atoms with E-state index in [1.165, 1.54) is 0 Å². The Hall–Kier alpha value is -4.48. The van der Waals surface area contributed by atoms with Crippen molar-refractivity contribution in [2.45, 2.75) is 124 Å². The summed E-state index contributed by atoms with van der Waals surface area (Å²) in [4.78, 5) is 33.5. The van der Waals surface area contributed by atoms with Gasteiger partial charge in [-0.15, -0.1) is 0 Å². The number of hydrogen-bond acceptors (Lipinski definition) is 8. The molecule has 2 N–H and O–H groups in total. The molecule has 6 bridgehead atoms. The second kappa shape index (κ2) is 15.9. The van der Waals surface area contributed by atoms with Gasteiger partial charge in [0, 0.05) is 54.7 Å². The summed E-state index contributed by atoms with van der Waals surface area (Å²) < 4.78 is 21.2. The van der Waals surface area contributed by atoms with Crippen molar-refractivity contribution >= 4 is 23.3 Å². The predicted molar refractivity (Wildman–Crippen MR) is 216 cm³/mol. The molecule has 2 aromatic heterocycles. The Labute approximate surface area is 325 Å². The van der Waals surface area contributed by atoms with E-state index in [9.17, 15) is 14.7 Å². The Balaban J connectivity index is 1.48. The molecule has 0 spiro atoms. The van der Waals surface area contributed by atoms with Gasteiger partial charge in [0.1, 0.15) is 11.6 Å². The number of aromatic nitrogens is 3. The first-order chi connectivity index (χ1) is 25.9. The highest BCUT2D eigenvalue weighted by atomic mass is 16.5. The topological polar surface area (TPSA) is 128 Å². The number of anilines is 1. The third-order valence-electron chi connectivity index (χ3n) is 10.5. The molecule has 5 heterocycles. The minimum absolute atomic E-state index is 0.0462. The van der Waals surface area contributed by atoms with Crippen LogP contribution >= 0.6 is 0 Å². The number of aliphatic carboxylic acids is 1. The molecule has 1 saturated heterocycles.